The van der Waals surface area contributed by atoms with Gasteiger partial charge < -0.3 is 9.47 Å². The lowest BCUT2D eigenvalue weighted by Crippen LogP contribution is -2.20. The van der Waals surface area contributed by atoms with Gasteiger partial charge in [0.1, 0.15) is 11.9 Å². The van der Waals surface area contributed by atoms with Gasteiger partial charge in [-0.15, -0.1) is 0 Å². The van der Waals surface area contributed by atoms with Crippen molar-refractivity contribution in [3.05, 3.63) is 24.5 Å². The summed E-state index contributed by atoms with van der Waals surface area (Å²) in [6.45, 7) is 3.53. The average molecular weight is 154 g/mol. The van der Waals surface area contributed by atoms with Crippen molar-refractivity contribution >= 4 is 5.97 Å². The summed E-state index contributed by atoms with van der Waals surface area (Å²) in [5.41, 5.74) is 0. The third-order valence-corrected chi connectivity index (χ3v) is 1.47. The van der Waals surface area contributed by atoms with Crippen molar-refractivity contribution in [2.45, 2.75) is 12.5 Å². The van der Waals surface area contributed by atoms with E-state index in [0.29, 0.717) is 12.2 Å². The summed E-state index contributed by atoms with van der Waals surface area (Å²) in [5.74, 6) is 0.282. The van der Waals surface area contributed by atoms with Gasteiger partial charge in [0.2, 0.25) is 0 Å². The molecule has 0 N–H and O–H groups in total. The quantitative estimate of drug-likeness (QED) is 0.440. The highest BCUT2D eigenvalue weighted by atomic mass is 16.5. The summed E-state index contributed by atoms with van der Waals surface area (Å²) in [5, 5.41) is 0. The molecule has 3 heteroatoms. The van der Waals surface area contributed by atoms with Gasteiger partial charge in [-0.05, 0) is 0 Å². The molecule has 3 nitrogen and oxygen atoms in total. The summed E-state index contributed by atoms with van der Waals surface area (Å²) in [6.07, 6.45) is 3.29. The summed E-state index contributed by atoms with van der Waals surface area (Å²) >= 11 is 0. The molecule has 0 aliphatic carbocycles. The molecule has 1 heterocycles. The smallest absolute Gasteiger partial charge is 0.334 e. The largest absolute Gasteiger partial charge is 0.501 e. The molecule has 1 atom stereocenters. The van der Waals surface area contributed by atoms with Gasteiger partial charge in [0.25, 0.3) is 0 Å². The predicted octanol–water partition coefficient (Wildman–Crippen LogP) is 1.02. The zero-order chi connectivity index (χ0) is 8.27. The van der Waals surface area contributed by atoms with Crippen molar-refractivity contribution in [3.8, 4) is 0 Å². The van der Waals surface area contributed by atoms with Crippen molar-refractivity contribution in [1.29, 1.82) is 0 Å². The molecular formula is C8H10O3. The fourth-order valence-corrected chi connectivity index (χ4v) is 0.887. The van der Waals surface area contributed by atoms with Crippen LogP contribution in [0.25, 0.3) is 0 Å². The van der Waals surface area contributed by atoms with E-state index in [4.69, 9.17) is 9.47 Å². The standard InChI is InChI=1S/C8H10O3/c1-3-6-4-7(10-2)5-8(9)11-6/h3,5-6H,1,4H2,2H3. The van der Waals surface area contributed by atoms with E-state index in [-0.39, 0.29) is 12.1 Å². The van der Waals surface area contributed by atoms with Crippen LogP contribution < -0.4 is 0 Å². The Morgan fingerprint density at radius 3 is 3.18 bits per heavy atom. The minimum absolute atomic E-state index is 0.234. The van der Waals surface area contributed by atoms with Gasteiger partial charge in [0, 0.05) is 6.42 Å². The Balaban J connectivity index is 2.68. The average Bonchev–Trinajstić information content (AvgIpc) is 2.03. The SMILES string of the molecule is C=CC1CC(OC)=CC(=O)O1. The van der Waals surface area contributed by atoms with Gasteiger partial charge in [-0.2, -0.15) is 0 Å². The zero-order valence-electron chi connectivity index (χ0n) is 6.37. The number of carbonyl (C=O) groups excluding carboxylic acids is 1. The first kappa shape index (κ1) is 7.85. The maximum atomic E-state index is 10.8. The molecule has 60 valence electrons. The van der Waals surface area contributed by atoms with Crippen LogP contribution in [0.4, 0.5) is 0 Å². The first-order valence-corrected chi connectivity index (χ1v) is 3.34. The lowest BCUT2D eigenvalue weighted by molar-refractivity contribution is -0.142. The topological polar surface area (TPSA) is 35.5 Å². The van der Waals surface area contributed by atoms with Gasteiger partial charge in [-0.25, -0.2) is 4.79 Å². The molecule has 0 radical (unpaired) electrons. The van der Waals surface area contributed by atoms with Crippen molar-refractivity contribution < 1.29 is 14.3 Å². The highest BCUT2D eigenvalue weighted by Crippen LogP contribution is 2.15. The number of hydrogen-bond acceptors (Lipinski definition) is 3. The third kappa shape index (κ3) is 1.83. The minimum Gasteiger partial charge on any atom is -0.501 e. The molecule has 0 saturated heterocycles. The monoisotopic (exact) mass is 154 g/mol. The Bertz CT molecular complexity index is 205. The summed E-state index contributed by atoms with van der Waals surface area (Å²) in [7, 11) is 1.53. The van der Waals surface area contributed by atoms with E-state index in [1.165, 1.54) is 13.2 Å². The van der Waals surface area contributed by atoms with Crippen molar-refractivity contribution in [2.24, 2.45) is 0 Å². The fraction of sp³-hybridized carbons (Fsp3) is 0.375. The lowest BCUT2D eigenvalue weighted by atomic mass is 10.2. The molecule has 0 aromatic rings. The van der Waals surface area contributed by atoms with Crippen LogP contribution in [0.5, 0.6) is 0 Å². The van der Waals surface area contributed by atoms with E-state index in [1.54, 1.807) is 6.08 Å². The number of cyclic esters (lactones) is 1. The Hall–Kier alpha value is -1.25. The highest BCUT2D eigenvalue weighted by molar-refractivity contribution is 5.83. The van der Waals surface area contributed by atoms with Crippen LogP contribution in [-0.4, -0.2) is 19.2 Å². The minimum atomic E-state index is -0.363. The fourth-order valence-electron chi connectivity index (χ4n) is 0.887. The van der Waals surface area contributed by atoms with Crippen LogP contribution in [-0.2, 0) is 14.3 Å². The number of methoxy groups -OCH3 is 1. The molecule has 1 rings (SSSR count). The van der Waals surface area contributed by atoms with Gasteiger partial charge in [0.05, 0.1) is 13.2 Å². The van der Waals surface area contributed by atoms with Crippen LogP contribution in [0.2, 0.25) is 0 Å². The van der Waals surface area contributed by atoms with E-state index in [0.717, 1.165) is 0 Å². The molecule has 0 saturated carbocycles. The van der Waals surface area contributed by atoms with Crippen molar-refractivity contribution in [2.75, 3.05) is 7.11 Å². The Morgan fingerprint density at radius 2 is 2.64 bits per heavy atom. The summed E-state index contributed by atoms with van der Waals surface area (Å²) < 4.78 is 9.76. The van der Waals surface area contributed by atoms with Crippen LogP contribution >= 0.6 is 0 Å². The first-order valence-electron chi connectivity index (χ1n) is 3.34. The Kier molecular flexibility index (Phi) is 2.31. The number of ether oxygens (including phenoxy) is 2. The molecule has 1 unspecified atom stereocenters. The van der Waals surface area contributed by atoms with E-state index >= 15 is 0 Å². The molecule has 0 bridgehead atoms. The molecule has 0 aromatic heterocycles. The van der Waals surface area contributed by atoms with Crippen molar-refractivity contribution in [3.63, 3.8) is 0 Å². The van der Waals surface area contributed by atoms with Crippen LogP contribution in [0, 0.1) is 0 Å². The van der Waals surface area contributed by atoms with E-state index in [2.05, 4.69) is 6.58 Å². The Morgan fingerprint density at radius 1 is 1.91 bits per heavy atom. The van der Waals surface area contributed by atoms with Gasteiger partial charge in [-0.3, -0.25) is 0 Å². The molecule has 0 aromatic carbocycles. The van der Waals surface area contributed by atoms with Gasteiger partial charge in [-0.1, -0.05) is 12.7 Å². The first-order chi connectivity index (χ1) is 5.26. The third-order valence-electron chi connectivity index (χ3n) is 1.47. The van der Waals surface area contributed by atoms with E-state index in [1.807, 2.05) is 0 Å². The Labute approximate surface area is 65.3 Å². The van der Waals surface area contributed by atoms with E-state index in [9.17, 15) is 4.79 Å². The predicted molar refractivity (Wildman–Crippen MR) is 39.8 cm³/mol. The number of rotatable bonds is 2. The van der Waals surface area contributed by atoms with Crippen molar-refractivity contribution in [1.82, 2.24) is 0 Å². The maximum Gasteiger partial charge on any atom is 0.334 e. The molecule has 0 spiro atoms. The summed E-state index contributed by atoms with van der Waals surface area (Å²) in [4.78, 5) is 10.8. The number of carbonyl (C=O) groups is 1. The second-order valence-electron chi connectivity index (χ2n) is 2.23. The number of esters is 1. The normalized spacial score (nSPS) is 23.5. The van der Waals surface area contributed by atoms with Gasteiger partial charge >= 0.3 is 5.97 Å². The maximum absolute atomic E-state index is 10.8. The number of hydrogen-bond donors (Lipinski definition) is 0. The van der Waals surface area contributed by atoms with Gasteiger partial charge in [0.15, 0.2) is 0 Å². The molecule has 0 amide bonds. The van der Waals surface area contributed by atoms with Crippen LogP contribution in [0.3, 0.4) is 0 Å². The van der Waals surface area contributed by atoms with Crippen LogP contribution in [0.15, 0.2) is 24.5 Å². The molecule has 0 fully saturated rings. The second kappa shape index (κ2) is 3.23. The second-order valence-corrected chi connectivity index (χ2v) is 2.23. The van der Waals surface area contributed by atoms with E-state index < -0.39 is 0 Å². The molecule has 1 aliphatic heterocycles. The highest BCUT2D eigenvalue weighted by Gasteiger charge is 2.18. The molecule has 1 aliphatic rings. The lowest BCUT2D eigenvalue weighted by Gasteiger charge is -2.18. The van der Waals surface area contributed by atoms with Crippen LogP contribution in [0.1, 0.15) is 6.42 Å². The molecular weight excluding hydrogens is 144 g/mol. The summed E-state index contributed by atoms with van der Waals surface area (Å²) in [6, 6.07) is 0. The molecule has 11 heavy (non-hydrogen) atoms. The zero-order valence-corrected chi connectivity index (χ0v) is 6.37.